The highest BCUT2D eigenvalue weighted by Gasteiger charge is 2.35. The largest absolute Gasteiger partial charge is 0.481 e. The normalized spacial score (nSPS) is 21.5. The van der Waals surface area contributed by atoms with Gasteiger partial charge in [0.1, 0.15) is 0 Å². The molecule has 2 aromatic rings. The number of methoxy groups -OCH3 is 1. The van der Waals surface area contributed by atoms with Gasteiger partial charge in [-0.15, -0.1) is 0 Å². The van der Waals surface area contributed by atoms with Gasteiger partial charge < -0.3 is 4.74 Å². The summed E-state index contributed by atoms with van der Waals surface area (Å²) in [4.78, 5) is 6.60. The maximum atomic E-state index is 9.51. The van der Waals surface area contributed by atoms with Crippen LogP contribution in [0.5, 0.6) is 5.88 Å². The van der Waals surface area contributed by atoms with Gasteiger partial charge in [0, 0.05) is 37.3 Å². The lowest BCUT2D eigenvalue weighted by atomic mass is 9.90. The van der Waals surface area contributed by atoms with Gasteiger partial charge in [-0.25, -0.2) is 4.98 Å². The fourth-order valence-corrected chi connectivity index (χ4v) is 3.16. The van der Waals surface area contributed by atoms with E-state index in [1.54, 1.807) is 13.3 Å². The first kappa shape index (κ1) is 14.6. The molecule has 0 bridgehead atoms. The molecule has 22 heavy (non-hydrogen) atoms. The second-order valence-corrected chi connectivity index (χ2v) is 5.62. The maximum absolute atomic E-state index is 9.51. The molecule has 2 unspecified atom stereocenters. The molecule has 0 amide bonds. The van der Waals surface area contributed by atoms with Crippen LogP contribution in [0.25, 0.3) is 0 Å². The van der Waals surface area contributed by atoms with E-state index in [1.165, 1.54) is 5.56 Å². The van der Waals surface area contributed by atoms with Crippen molar-refractivity contribution in [2.45, 2.75) is 12.5 Å². The fourth-order valence-electron chi connectivity index (χ4n) is 3.16. The minimum atomic E-state index is -0.0261. The van der Waals surface area contributed by atoms with Crippen molar-refractivity contribution in [3.63, 3.8) is 0 Å². The highest BCUT2D eigenvalue weighted by molar-refractivity contribution is 5.33. The van der Waals surface area contributed by atoms with Crippen LogP contribution >= 0.6 is 0 Å². The maximum Gasteiger partial charge on any atom is 0.216 e. The van der Waals surface area contributed by atoms with Crippen LogP contribution in [0.3, 0.4) is 0 Å². The molecule has 3 rings (SSSR count). The van der Waals surface area contributed by atoms with Gasteiger partial charge in [-0.2, -0.15) is 5.26 Å². The van der Waals surface area contributed by atoms with Crippen LogP contribution in [0.15, 0.2) is 48.7 Å². The van der Waals surface area contributed by atoms with Gasteiger partial charge >= 0.3 is 0 Å². The van der Waals surface area contributed by atoms with Gasteiger partial charge in [-0.1, -0.05) is 36.4 Å². The molecule has 4 heteroatoms. The molecule has 0 N–H and O–H groups in total. The third-order valence-corrected chi connectivity index (χ3v) is 4.20. The minimum absolute atomic E-state index is 0.0261. The van der Waals surface area contributed by atoms with Crippen molar-refractivity contribution in [3.05, 3.63) is 59.8 Å². The summed E-state index contributed by atoms with van der Waals surface area (Å²) in [6.07, 6.45) is 1.72. The van der Waals surface area contributed by atoms with E-state index in [9.17, 15) is 5.26 Å². The molecule has 4 nitrogen and oxygen atoms in total. The Morgan fingerprint density at radius 2 is 2.05 bits per heavy atom. The average molecular weight is 293 g/mol. The molecule has 1 aromatic carbocycles. The highest BCUT2D eigenvalue weighted by Crippen LogP contribution is 2.36. The Kier molecular flexibility index (Phi) is 4.36. The predicted molar refractivity (Wildman–Crippen MR) is 84.4 cm³/mol. The van der Waals surface area contributed by atoms with E-state index in [2.05, 4.69) is 40.2 Å². The molecule has 1 aliphatic rings. The monoisotopic (exact) mass is 293 g/mol. The van der Waals surface area contributed by atoms with Crippen molar-refractivity contribution in [2.24, 2.45) is 5.92 Å². The SMILES string of the molecule is COc1ncccc1C1CN(Cc2ccccc2)CC1C#N. The Hall–Kier alpha value is -2.38. The lowest BCUT2D eigenvalue weighted by molar-refractivity contribution is 0.321. The van der Waals surface area contributed by atoms with Crippen LogP contribution in [0, 0.1) is 17.2 Å². The summed E-state index contributed by atoms with van der Waals surface area (Å²) >= 11 is 0. The van der Waals surface area contributed by atoms with Crippen LogP contribution in [-0.4, -0.2) is 30.1 Å². The Balaban J connectivity index is 1.79. The first-order chi connectivity index (χ1) is 10.8. The molecule has 0 radical (unpaired) electrons. The quantitative estimate of drug-likeness (QED) is 0.869. The molecule has 1 saturated heterocycles. The summed E-state index contributed by atoms with van der Waals surface area (Å²) in [7, 11) is 1.63. The number of aromatic nitrogens is 1. The molecule has 2 atom stereocenters. The van der Waals surface area contributed by atoms with Crippen LogP contribution in [0.2, 0.25) is 0 Å². The highest BCUT2D eigenvalue weighted by atomic mass is 16.5. The summed E-state index contributed by atoms with van der Waals surface area (Å²) in [6, 6.07) is 16.8. The van der Waals surface area contributed by atoms with Crippen LogP contribution < -0.4 is 4.74 Å². The second kappa shape index (κ2) is 6.59. The van der Waals surface area contributed by atoms with Crippen molar-refractivity contribution in [1.82, 2.24) is 9.88 Å². The Morgan fingerprint density at radius 1 is 1.23 bits per heavy atom. The second-order valence-electron chi connectivity index (χ2n) is 5.62. The van der Waals surface area contributed by atoms with Crippen molar-refractivity contribution in [3.8, 4) is 11.9 Å². The van der Waals surface area contributed by atoms with Gasteiger partial charge in [0.2, 0.25) is 5.88 Å². The van der Waals surface area contributed by atoms with E-state index in [4.69, 9.17) is 4.74 Å². The molecule has 0 spiro atoms. The summed E-state index contributed by atoms with van der Waals surface area (Å²) in [6.45, 7) is 2.52. The first-order valence-electron chi connectivity index (χ1n) is 7.46. The number of hydrogen-bond donors (Lipinski definition) is 0. The number of rotatable bonds is 4. The van der Waals surface area contributed by atoms with Crippen LogP contribution in [0.1, 0.15) is 17.0 Å². The zero-order chi connectivity index (χ0) is 15.4. The van der Waals surface area contributed by atoms with Crippen molar-refractivity contribution in [2.75, 3.05) is 20.2 Å². The molecule has 1 aliphatic heterocycles. The summed E-state index contributed by atoms with van der Waals surface area (Å²) in [5.74, 6) is 0.758. The Labute approximate surface area is 131 Å². The van der Waals surface area contributed by atoms with Crippen LogP contribution in [-0.2, 0) is 6.54 Å². The Bertz CT molecular complexity index is 666. The van der Waals surface area contributed by atoms with Gasteiger partial charge in [0.25, 0.3) is 0 Å². The standard InChI is InChI=1S/C18H19N3O/c1-22-18-16(8-5-9-20-18)17-13-21(12-15(17)10-19)11-14-6-3-2-4-7-14/h2-9,15,17H,11-13H2,1H3. The van der Waals surface area contributed by atoms with Crippen molar-refractivity contribution < 1.29 is 4.74 Å². The van der Waals surface area contributed by atoms with Crippen molar-refractivity contribution >= 4 is 0 Å². The lowest BCUT2D eigenvalue weighted by Crippen LogP contribution is -2.20. The van der Waals surface area contributed by atoms with Gasteiger partial charge in [0.15, 0.2) is 0 Å². The zero-order valence-electron chi connectivity index (χ0n) is 12.6. The zero-order valence-corrected chi connectivity index (χ0v) is 12.6. The molecule has 0 saturated carbocycles. The number of nitriles is 1. The Morgan fingerprint density at radius 3 is 2.77 bits per heavy atom. The third-order valence-electron chi connectivity index (χ3n) is 4.20. The summed E-state index contributed by atoms with van der Waals surface area (Å²) in [5, 5.41) is 9.51. The fraction of sp³-hybridized carbons (Fsp3) is 0.333. The molecule has 0 aliphatic carbocycles. The predicted octanol–water partition coefficient (Wildman–Crippen LogP) is 2.83. The number of ether oxygens (including phenoxy) is 1. The molecular formula is C18H19N3O. The number of benzene rings is 1. The molecular weight excluding hydrogens is 274 g/mol. The molecule has 112 valence electrons. The first-order valence-corrected chi connectivity index (χ1v) is 7.46. The van der Waals surface area contributed by atoms with Gasteiger partial charge in [-0.05, 0) is 11.6 Å². The van der Waals surface area contributed by atoms with E-state index in [1.807, 2.05) is 18.2 Å². The van der Waals surface area contributed by atoms with E-state index >= 15 is 0 Å². The number of likely N-dealkylation sites (tertiary alicyclic amines) is 1. The lowest BCUT2D eigenvalue weighted by Gasteiger charge is -2.17. The summed E-state index contributed by atoms with van der Waals surface area (Å²) in [5.41, 5.74) is 2.31. The van der Waals surface area contributed by atoms with E-state index < -0.39 is 0 Å². The summed E-state index contributed by atoms with van der Waals surface area (Å²) < 4.78 is 5.37. The average Bonchev–Trinajstić information content (AvgIpc) is 2.98. The number of pyridine rings is 1. The van der Waals surface area contributed by atoms with Gasteiger partial charge in [0.05, 0.1) is 19.1 Å². The third kappa shape index (κ3) is 2.95. The number of hydrogen-bond acceptors (Lipinski definition) is 4. The number of nitrogens with zero attached hydrogens (tertiary/aromatic N) is 3. The molecule has 1 aromatic heterocycles. The van der Waals surface area contributed by atoms with E-state index in [0.717, 1.165) is 25.2 Å². The van der Waals surface area contributed by atoms with E-state index in [-0.39, 0.29) is 11.8 Å². The molecule has 2 heterocycles. The van der Waals surface area contributed by atoms with Crippen molar-refractivity contribution in [1.29, 1.82) is 5.26 Å². The topological polar surface area (TPSA) is 49.1 Å². The molecule has 1 fully saturated rings. The van der Waals surface area contributed by atoms with E-state index in [0.29, 0.717) is 5.88 Å². The van der Waals surface area contributed by atoms with Gasteiger partial charge in [-0.3, -0.25) is 4.90 Å². The minimum Gasteiger partial charge on any atom is -0.481 e. The van der Waals surface area contributed by atoms with Crippen LogP contribution in [0.4, 0.5) is 0 Å². The smallest absolute Gasteiger partial charge is 0.216 e.